The van der Waals surface area contributed by atoms with Crippen LogP contribution in [0.5, 0.6) is 5.75 Å². The van der Waals surface area contributed by atoms with Gasteiger partial charge in [0, 0.05) is 23.1 Å². The zero-order valence-corrected chi connectivity index (χ0v) is 13.1. The van der Waals surface area contributed by atoms with E-state index < -0.39 is 11.9 Å². The van der Waals surface area contributed by atoms with E-state index in [4.69, 9.17) is 16.3 Å². The summed E-state index contributed by atoms with van der Waals surface area (Å²) in [5, 5.41) is 10.9. The molecular formula is C15H13BrClFO2. The van der Waals surface area contributed by atoms with Gasteiger partial charge in [0.25, 0.3) is 0 Å². The Morgan fingerprint density at radius 1 is 1.35 bits per heavy atom. The third kappa shape index (κ3) is 3.32. The number of hydrogen-bond acceptors (Lipinski definition) is 2. The molecule has 0 saturated heterocycles. The predicted octanol–water partition coefficient (Wildman–Crippen LogP) is 4.53. The fourth-order valence-electron chi connectivity index (χ4n) is 1.96. The van der Waals surface area contributed by atoms with Gasteiger partial charge in [-0.2, -0.15) is 0 Å². The second-order valence-corrected chi connectivity index (χ2v) is 5.58. The van der Waals surface area contributed by atoms with E-state index in [-0.39, 0.29) is 4.47 Å². The van der Waals surface area contributed by atoms with Gasteiger partial charge in [-0.15, -0.1) is 0 Å². The van der Waals surface area contributed by atoms with E-state index in [9.17, 15) is 9.50 Å². The van der Waals surface area contributed by atoms with Crippen molar-refractivity contribution in [3.05, 3.63) is 62.8 Å². The Balaban J connectivity index is 2.32. The first-order valence-corrected chi connectivity index (χ1v) is 7.14. The molecule has 0 heterocycles. The first-order chi connectivity index (χ1) is 9.52. The Kier molecular flexibility index (Phi) is 5.02. The standard InChI is InChI=1S/C15H13BrClFO2/c1-20-15-8-13(18)11(16)7-10(15)14(19)6-9-4-2-3-5-12(9)17/h2-5,7-8,14,19H,6H2,1H3. The van der Waals surface area contributed by atoms with E-state index in [0.29, 0.717) is 22.8 Å². The summed E-state index contributed by atoms with van der Waals surface area (Å²) in [5.41, 5.74) is 1.34. The van der Waals surface area contributed by atoms with Crippen molar-refractivity contribution < 1.29 is 14.2 Å². The molecule has 0 amide bonds. The van der Waals surface area contributed by atoms with Gasteiger partial charge in [-0.25, -0.2) is 4.39 Å². The average Bonchev–Trinajstić information content (AvgIpc) is 2.43. The van der Waals surface area contributed by atoms with Gasteiger partial charge in [0.1, 0.15) is 11.6 Å². The van der Waals surface area contributed by atoms with Crippen molar-refractivity contribution in [2.75, 3.05) is 7.11 Å². The molecule has 0 spiro atoms. The predicted molar refractivity (Wildman–Crippen MR) is 80.8 cm³/mol. The van der Waals surface area contributed by atoms with Crippen molar-refractivity contribution in [2.45, 2.75) is 12.5 Å². The van der Waals surface area contributed by atoms with Crippen LogP contribution in [0.3, 0.4) is 0 Å². The summed E-state index contributed by atoms with van der Waals surface area (Å²) in [5.74, 6) is -0.124. The van der Waals surface area contributed by atoms with Crippen LogP contribution in [0.4, 0.5) is 4.39 Å². The van der Waals surface area contributed by atoms with E-state index in [0.717, 1.165) is 5.56 Å². The van der Waals surface area contributed by atoms with Gasteiger partial charge in [-0.05, 0) is 33.6 Å². The summed E-state index contributed by atoms with van der Waals surface area (Å²) in [6.45, 7) is 0. The molecule has 0 saturated carbocycles. The summed E-state index contributed by atoms with van der Waals surface area (Å²) < 4.78 is 18.9. The van der Waals surface area contributed by atoms with Crippen LogP contribution in [0.15, 0.2) is 40.9 Å². The minimum Gasteiger partial charge on any atom is -0.496 e. The van der Waals surface area contributed by atoms with Crippen LogP contribution in [0, 0.1) is 5.82 Å². The number of ether oxygens (including phenoxy) is 1. The van der Waals surface area contributed by atoms with Crippen LogP contribution >= 0.6 is 27.5 Å². The Hall–Kier alpha value is -1.10. The Morgan fingerprint density at radius 2 is 2.05 bits per heavy atom. The lowest BCUT2D eigenvalue weighted by atomic mass is 10.0. The lowest BCUT2D eigenvalue weighted by Gasteiger charge is -2.16. The van der Waals surface area contributed by atoms with Crippen LogP contribution < -0.4 is 4.74 Å². The van der Waals surface area contributed by atoms with Crippen molar-refractivity contribution in [1.29, 1.82) is 0 Å². The zero-order chi connectivity index (χ0) is 14.7. The van der Waals surface area contributed by atoms with E-state index in [2.05, 4.69) is 15.9 Å². The molecule has 0 bridgehead atoms. The number of hydrogen-bond donors (Lipinski definition) is 1. The number of aliphatic hydroxyl groups is 1. The molecule has 106 valence electrons. The van der Waals surface area contributed by atoms with Crippen molar-refractivity contribution in [1.82, 2.24) is 0 Å². The number of methoxy groups -OCH3 is 1. The molecule has 0 radical (unpaired) electrons. The first kappa shape index (κ1) is 15.3. The SMILES string of the molecule is COc1cc(F)c(Br)cc1C(O)Cc1ccccc1Cl. The molecule has 1 unspecified atom stereocenters. The molecule has 0 aliphatic carbocycles. The fraction of sp³-hybridized carbons (Fsp3) is 0.200. The van der Waals surface area contributed by atoms with Crippen LogP contribution in [0.1, 0.15) is 17.2 Å². The Labute approximate surface area is 130 Å². The van der Waals surface area contributed by atoms with E-state index in [1.165, 1.54) is 19.2 Å². The van der Waals surface area contributed by atoms with Crippen LogP contribution in [0.25, 0.3) is 0 Å². The van der Waals surface area contributed by atoms with Gasteiger partial charge in [-0.3, -0.25) is 0 Å². The maximum Gasteiger partial charge on any atom is 0.141 e. The molecular weight excluding hydrogens is 347 g/mol. The van der Waals surface area contributed by atoms with Crippen molar-refractivity contribution in [2.24, 2.45) is 0 Å². The van der Waals surface area contributed by atoms with Crippen LogP contribution in [0.2, 0.25) is 5.02 Å². The molecule has 5 heteroatoms. The molecule has 20 heavy (non-hydrogen) atoms. The van der Waals surface area contributed by atoms with E-state index >= 15 is 0 Å². The number of benzene rings is 2. The lowest BCUT2D eigenvalue weighted by molar-refractivity contribution is 0.174. The maximum absolute atomic E-state index is 13.5. The highest BCUT2D eigenvalue weighted by Gasteiger charge is 2.17. The second-order valence-electron chi connectivity index (χ2n) is 4.32. The van der Waals surface area contributed by atoms with Gasteiger partial charge < -0.3 is 9.84 Å². The highest BCUT2D eigenvalue weighted by molar-refractivity contribution is 9.10. The number of aliphatic hydroxyl groups excluding tert-OH is 1. The largest absolute Gasteiger partial charge is 0.496 e. The highest BCUT2D eigenvalue weighted by atomic mass is 79.9. The maximum atomic E-state index is 13.5. The van der Waals surface area contributed by atoms with Crippen molar-refractivity contribution in [3.8, 4) is 5.75 Å². The zero-order valence-electron chi connectivity index (χ0n) is 10.7. The third-order valence-electron chi connectivity index (χ3n) is 3.00. The smallest absolute Gasteiger partial charge is 0.141 e. The van der Waals surface area contributed by atoms with E-state index in [1.807, 2.05) is 18.2 Å². The highest BCUT2D eigenvalue weighted by Crippen LogP contribution is 2.33. The summed E-state index contributed by atoms with van der Waals surface area (Å²) in [6.07, 6.45) is -0.504. The van der Waals surface area contributed by atoms with Crippen LogP contribution in [-0.4, -0.2) is 12.2 Å². The molecule has 0 aliphatic rings. The Bertz CT molecular complexity index is 619. The number of halogens is 3. The molecule has 1 atom stereocenters. The lowest BCUT2D eigenvalue weighted by Crippen LogP contribution is -2.05. The van der Waals surface area contributed by atoms with E-state index in [1.54, 1.807) is 6.07 Å². The van der Waals surface area contributed by atoms with Crippen molar-refractivity contribution >= 4 is 27.5 Å². The second kappa shape index (κ2) is 6.57. The molecule has 2 aromatic carbocycles. The number of rotatable bonds is 4. The van der Waals surface area contributed by atoms with Gasteiger partial charge in [-0.1, -0.05) is 29.8 Å². The van der Waals surface area contributed by atoms with Crippen molar-refractivity contribution in [3.63, 3.8) is 0 Å². The van der Waals surface area contributed by atoms with Gasteiger partial charge >= 0.3 is 0 Å². The fourth-order valence-corrected chi connectivity index (χ4v) is 2.54. The molecule has 0 fully saturated rings. The normalized spacial score (nSPS) is 12.2. The molecule has 1 N–H and O–H groups in total. The summed E-state index contributed by atoms with van der Waals surface area (Å²) >= 11 is 9.18. The summed E-state index contributed by atoms with van der Waals surface area (Å²) in [4.78, 5) is 0. The minimum absolute atomic E-state index is 0.284. The quantitative estimate of drug-likeness (QED) is 0.869. The molecule has 2 rings (SSSR count). The van der Waals surface area contributed by atoms with Gasteiger partial charge in [0.2, 0.25) is 0 Å². The topological polar surface area (TPSA) is 29.5 Å². The summed E-state index contributed by atoms with van der Waals surface area (Å²) in [7, 11) is 1.44. The molecule has 0 aliphatic heterocycles. The van der Waals surface area contributed by atoms with Crippen LogP contribution in [-0.2, 0) is 6.42 Å². The monoisotopic (exact) mass is 358 g/mol. The van der Waals surface area contributed by atoms with Gasteiger partial charge in [0.15, 0.2) is 0 Å². The summed E-state index contributed by atoms with van der Waals surface area (Å²) in [6, 6.07) is 10.1. The Morgan fingerprint density at radius 3 is 2.70 bits per heavy atom. The molecule has 2 nitrogen and oxygen atoms in total. The molecule has 2 aromatic rings. The molecule has 0 aromatic heterocycles. The first-order valence-electron chi connectivity index (χ1n) is 5.97. The minimum atomic E-state index is -0.832. The van der Waals surface area contributed by atoms with Gasteiger partial charge in [0.05, 0.1) is 17.7 Å². The average molecular weight is 360 g/mol. The third-order valence-corrected chi connectivity index (χ3v) is 3.98.